The number of aromatic nitrogens is 3. The van der Waals surface area contributed by atoms with Crippen LogP contribution in [0.5, 0.6) is 0 Å². The van der Waals surface area contributed by atoms with Gasteiger partial charge in [0.25, 0.3) is 0 Å². The zero-order valence-electron chi connectivity index (χ0n) is 12.4. The fourth-order valence-corrected chi connectivity index (χ4v) is 2.45. The molecule has 108 valence electrons. The molecule has 0 amide bonds. The van der Waals surface area contributed by atoms with E-state index < -0.39 is 0 Å². The number of pyridine rings is 1. The van der Waals surface area contributed by atoms with Crippen LogP contribution in [-0.2, 0) is 19.9 Å². The summed E-state index contributed by atoms with van der Waals surface area (Å²) in [6, 6.07) is 6.67. The van der Waals surface area contributed by atoms with E-state index in [0.29, 0.717) is 6.04 Å². The van der Waals surface area contributed by atoms with Crippen LogP contribution in [-0.4, -0.2) is 27.4 Å². The quantitative estimate of drug-likeness (QED) is 0.802. The minimum Gasteiger partial charge on any atom is -0.314 e. The van der Waals surface area contributed by atoms with Crippen molar-refractivity contribution in [3.63, 3.8) is 0 Å². The van der Waals surface area contributed by atoms with Crippen molar-refractivity contribution in [2.24, 2.45) is 7.05 Å². The van der Waals surface area contributed by atoms with Gasteiger partial charge in [-0.2, -0.15) is 5.10 Å². The third-order valence-electron chi connectivity index (χ3n) is 3.51. The number of nitrogens with one attached hydrogen (secondary N) is 1. The van der Waals surface area contributed by atoms with Crippen LogP contribution in [0.2, 0.25) is 0 Å². The van der Waals surface area contributed by atoms with E-state index >= 15 is 0 Å². The summed E-state index contributed by atoms with van der Waals surface area (Å²) >= 11 is 0. The predicted octanol–water partition coefficient (Wildman–Crippen LogP) is 2.36. The highest BCUT2D eigenvalue weighted by Crippen LogP contribution is 2.09. The molecule has 0 aromatic carbocycles. The van der Waals surface area contributed by atoms with E-state index in [2.05, 4.69) is 40.7 Å². The van der Waals surface area contributed by atoms with E-state index in [1.54, 1.807) is 0 Å². The average molecular weight is 272 g/mol. The van der Waals surface area contributed by atoms with Gasteiger partial charge in [0.1, 0.15) is 0 Å². The molecule has 2 aromatic heterocycles. The molecule has 0 spiro atoms. The smallest absolute Gasteiger partial charge is 0.0521 e. The Morgan fingerprint density at radius 2 is 2.10 bits per heavy atom. The van der Waals surface area contributed by atoms with E-state index in [0.717, 1.165) is 32.2 Å². The standard InChI is InChI=1S/C16H24N4/c1-3-17-16(8-7-14-12-19-20(2)13-14)10-9-15-6-4-5-11-18-15/h4-6,11-13,16-17H,3,7-10H2,1-2H3. The molecule has 0 saturated carbocycles. The lowest BCUT2D eigenvalue weighted by atomic mass is 10.0. The average Bonchev–Trinajstić information content (AvgIpc) is 2.89. The second-order valence-corrected chi connectivity index (χ2v) is 5.18. The predicted molar refractivity (Wildman–Crippen MR) is 81.6 cm³/mol. The van der Waals surface area contributed by atoms with Crippen LogP contribution in [0.4, 0.5) is 0 Å². The monoisotopic (exact) mass is 272 g/mol. The summed E-state index contributed by atoms with van der Waals surface area (Å²) in [4.78, 5) is 4.39. The lowest BCUT2D eigenvalue weighted by Crippen LogP contribution is -2.30. The molecule has 4 nitrogen and oxygen atoms in total. The molecule has 4 heteroatoms. The Bertz CT molecular complexity index is 492. The lowest BCUT2D eigenvalue weighted by molar-refractivity contribution is 0.462. The SMILES string of the molecule is CCNC(CCc1cnn(C)c1)CCc1ccccn1. The third-order valence-corrected chi connectivity index (χ3v) is 3.51. The van der Waals surface area contributed by atoms with Crippen LogP contribution in [0.15, 0.2) is 36.8 Å². The molecule has 0 bridgehead atoms. The van der Waals surface area contributed by atoms with Gasteiger partial charge in [-0.25, -0.2) is 0 Å². The van der Waals surface area contributed by atoms with Crippen molar-refractivity contribution < 1.29 is 0 Å². The molecule has 0 aliphatic rings. The van der Waals surface area contributed by atoms with Crippen molar-refractivity contribution in [3.05, 3.63) is 48.0 Å². The molecule has 2 heterocycles. The van der Waals surface area contributed by atoms with Gasteiger partial charge in [0.15, 0.2) is 0 Å². The van der Waals surface area contributed by atoms with E-state index in [4.69, 9.17) is 0 Å². The summed E-state index contributed by atoms with van der Waals surface area (Å²) in [5, 5.41) is 7.80. The number of aryl methyl sites for hydroxylation is 3. The van der Waals surface area contributed by atoms with Gasteiger partial charge >= 0.3 is 0 Å². The first-order valence-corrected chi connectivity index (χ1v) is 7.38. The van der Waals surface area contributed by atoms with Gasteiger partial charge in [-0.1, -0.05) is 13.0 Å². The van der Waals surface area contributed by atoms with Gasteiger partial charge < -0.3 is 5.32 Å². The zero-order valence-corrected chi connectivity index (χ0v) is 12.4. The minimum absolute atomic E-state index is 0.544. The maximum Gasteiger partial charge on any atom is 0.0521 e. The van der Waals surface area contributed by atoms with Gasteiger partial charge in [-0.3, -0.25) is 9.67 Å². The molecule has 0 fully saturated rings. The van der Waals surface area contributed by atoms with Gasteiger partial charge in [-0.15, -0.1) is 0 Å². The second kappa shape index (κ2) is 7.80. The third kappa shape index (κ3) is 4.78. The summed E-state index contributed by atoms with van der Waals surface area (Å²) in [6.45, 7) is 3.18. The highest BCUT2D eigenvalue weighted by Gasteiger charge is 2.09. The van der Waals surface area contributed by atoms with Gasteiger partial charge in [0.2, 0.25) is 0 Å². The Balaban J connectivity index is 1.80. The molecule has 0 saturated heterocycles. The summed E-state index contributed by atoms with van der Waals surface area (Å²) < 4.78 is 1.87. The summed E-state index contributed by atoms with van der Waals surface area (Å²) in [6.07, 6.45) is 10.3. The summed E-state index contributed by atoms with van der Waals surface area (Å²) in [5.74, 6) is 0. The summed E-state index contributed by atoms with van der Waals surface area (Å²) in [5.41, 5.74) is 2.49. The fraction of sp³-hybridized carbons (Fsp3) is 0.500. The maximum atomic E-state index is 4.39. The van der Waals surface area contributed by atoms with Gasteiger partial charge in [0.05, 0.1) is 6.20 Å². The minimum atomic E-state index is 0.544. The number of nitrogens with zero attached hydrogens (tertiary/aromatic N) is 3. The normalized spacial score (nSPS) is 12.5. The zero-order chi connectivity index (χ0) is 14.2. The Morgan fingerprint density at radius 3 is 2.75 bits per heavy atom. The van der Waals surface area contributed by atoms with E-state index in [1.807, 2.05) is 30.2 Å². The van der Waals surface area contributed by atoms with Gasteiger partial charge in [-0.05, 0) is 49.9 Å². The van der Waals surface area contributed by atoms with Crippen LogP contribution >= 0.6 is 0 Å². The Morgan fingerprint density at radius 1 is 1.25 bits per heavy atom. The first-order valence-electron chi connectivity index (χ1n) is 7.38. The van der Waals surface area contributed by atoms with Gasteiger partial charge in [0, 0.05) is 31.2 Å². The lowest BCUT2D eigenvalue weighted by Gasteiger charge is -2.17. The van der Waals surface area contributed by atoms with Crippen LogP contribution in [0.25, 0.3) is 0 Å². The van der Waals surface area contributed by atoms with E-state index in [-0.39, 0.29) is 0 Å². The number of hydrogen-bond donors (Lipinski definition) is 1. The molecule has 1 N–H and O–H groups in total. The van der Waals surface area contributed by atoms with Crippen LogP contribution in [0.3, 0.4) is 0 Å². The molecule has 0 aliphatic carbocycles. The van der Waals surface area contributed by atoms with E-state index in [9.17, 15) is 0 Å². The van der Waals surface area contributed by atoms with Crippen LogP contribution < -0.4 is 5.32 Å². The van der Waals surface area contributed by atoms with Crippen molar-refractivity contribution in [2.75, 3.05) is 6.54 Å². The van der Waals surface area contributed by atoms with Crippen LogP contribution in [0, 0.1) is 0 Å². The topological polar surface area (TPSA) is 42.7 Å². The molecule has 1 unspecified atom stereocenters. The number of hydrogen-bond acceptors (Lipinski definition) is 3. The first kappa shape index (κ1) is 14.7. The van der Waals surface area contributed by atoms with Crippen molar-refractivity contribution in [1.29, 1.82) is 0 Å². The summed E-state index contributed by atoms with van der Waals surface area (Å²) in [7, 11) is 1.96. The Kier molecular flexibility index (Phi) is 5.74. The van der Waals surface area contributed by atoms with Crippen molar-refractivity contribution >= 4 is 0 Å². The maximum absolute atomic E-state index is 4.39. The number of rotatable bonds is 8. The Labute approximate surface area is 121 Å². The molecule has 0 radical (unpaired) electrons. The Hall–Kier alpha value is -1.68. The molecule has 0 aliphatic heterocycles. The van der Waals surface area contributed by atoms with Crippen LogP contribution in [0.1, 0.15) is 31.0 Å². The molecule has 1 atom stereocenters. The van der Waals surface area contributed by atoms with Crippen molar-refractivity contribution in [2.45, 2.75) is 38.6 Å². The highest BCUT2D eigenvalue weighted by molar-refractivity contribution is 5.05. The molecule has 2 rings (SSSR count). The first-order chi connectivity index (χ1) is 9.78. The highest BCUT2D eigenvalue weighted by atomic mass is 15.2. The molecule has 2 aromatic rings. The largest absolute Gasteiger partial charge is 0.314 e. The molecular formula is C16H24N4. The second-order valence-electron chi connectivity index (χ2n) is 5.18. The van der Waals surface area contributed by atoms with Crippen molar-refractivity contribution in [1.82, 2.24) is 20.1 Å². The van der Waals surface area contributed by atoms with E-state index in [1.165, 1.54) is 11.3 Å². The van der Waals surface area contributed by atoms with Crippen molar-refractivity contribution in [3.8, 4) is 0 Å². The molecule has 20 heavy (non-hydrogen) atoms. The molecular weight excluding hydrogens is 248 g/mol. The fourth-order valence-electron chi connectivity index (χ4n) is 2.45.